The third-order valence-electron chi connectivity index (χ3n) is 3.86. The number of ether oxygens (including phenoxy) is 1. The Bertz CT molecular complexity index is 1130. The predicted octanol–water partition coefficient (Wildman–Crippen LogP) is 3.50. The van der Waals surface area contributed by atoms with Crippen molar-refractivity contribution in [2.75, 3.05) is 13.1 Å². The maximum absolute atomic E-state index is 12.4. The normalized spacial score (nSPS) is 11.2. The van der Waals surface area contributed by atoms with Crippen molar-refractivity contribution in [2.45, 2.75) is 12.8 Å². The molecule has 0 aliphatic rings. The van der Waals surface area contributed by atoms with Crippen LogP contribution in [0.4, 0.5) is 13.2 Å². The van der Waals surface area contributed by atoms with Crippen LogP contribution in [0.2, 0.25) is 5.02 Å². The number of hydrogen-bond donors (Lipinski definition) is 2. The minimum Gasteiger partial charge on any atom is -0.480 e. The van der Waals surface area contributed by atoms with Crippen molar-refractivity contribution in [2.24, 2.45) is 0 Å². The van der Waals surface area contributed by atoms with Crippen LogP contribution in [0.1, 0.15) is 17.0 Å². The van der Waals surface area contributed by atoms with Gasteiger partial charge in [0.15, 0.2) is 0 Å². The van der Waals surface area contributed by atoms with Crippen molar-refractivity contribution in [3.63, 3.8) is 0 Å². The highest BCUT2D eigenvalue weighted by molar-refractivity contribution is 6.30. The van der Waals surface area contributed by atoms with E-state index in [-0.39, 0.29) is 12.3 Å². The van der Waals surface area contributed by atoms with E-state index in [1.165, 1.54) is 18.2 Å². The van der Waals surface area contributed by atoms with Crippen LogP contribution >= 0.6 is 11.6 Å². The molecular weight excluding hydrogens is 423 g/mol. The molecule has 0 saturated carbocycles. The number of pyridine rings is 1. The first-order valence-corrected chi connectivity index (χ1v) is 9.06. The second-order valence-corrected chi connectivity index (χ2v) is 6.57. The third-order valence-corrected chi connectivity index (χ3v) is 4.09. The van der Waals surface area contributed by atoms with Crippen LogP contribution in [0.5, 0.6) is 5.75 Å². The largest absolute Gasteiger partial charge is 0.573 e. The van der Waals surface area contributed by atoms with Gasteiger partial charge in [0.1, 0.15) is 17.1 Å². The van der Waals surface area contributed by atoms with Gasteiger partial charge in [-0.25, -0.2) is 4.98 Å². The number of aliphatic carboxylic acids is 1. The molecule has 0 aliphatic heterocycles. The number of rotatable bonds is 6. The molecule has 0 saturated heterocycles. The van der Waals surface area contributed by atoms with E-state index in [2.05, 4.69) is 26.9 Å². The zero-order chi connectivity index (χ0) is 21.7. The van der Waals surface area contributed by atoms with Crippen molar-refractivity contribution in [3.05, 3.63) is 64.6 Å². The first-order valence-electron chi connectivity index (χ1n) is 8.68. The van der Waals surface area contributed by atoms with E-state index in [0.717, 1.165) is 0 Å². The number of imidazole rings is 1. The zero-order valence-corrected chi connectivity index (χ0v) is 16.1. The summed E-state index contributed by atoms with van der Waals surface area (Å²) >= 11 is 6.06. The Morgan fingerprint density at radius 1 is 1.27 bits per heavy atom. The summed E-state index contributed by atoms with van der Waals surface area (Å²) in [5.41, 5.74) is 2.02. The fourth-order valence-corrected chi connectivity index (χ4v) is 2.84. The molecule has 10 heteroatoms. The van der Waals surface area contributed by atoms with E-state index in [4.69, 9.17) is 16.7 Å². The van der Waals surface area contributed by atoms with Gasteiger partial charge < -0.3 is 15.2 Å². The van der Waals surface area contributed by atoms with Gasteiger partial charge in [0, 0.05) is 24.7 Å². The Morgan fingerprint density at radius 2 is 2.07 bits per heavy atom. The van der Waals surface area contributed by atoms with Crippen LogP contribution in [0.3, 0.4) is 0 Å². The van der Waals surface area contributed by atoms with Gasteiger partial charge in [-0.1, -0.05) is 23.6 Å². The molecule has 0 bridgehead atoms. The number of halogens is 4. The number of alkyl halides is 3. The Balaban J connectivity index is 1.91. The minimum atomic E-state index is -4.79. The van der Waals surface area contributed by atoms with Crippen LogP contribution in [0, 0.1) is 11.8 Å². The van der Waals surface area contributed by atoms with Crippen molar-refractivity contribution in [3.8, 4) is 17.6 Å². The van der Waals surface area contributed by atoms with Gasteiger partial charge in [0.2, 0.25) is 0 Å². The lowest BCUT2D eigenvalue weighted by atomic mass is 10.2. The fraction of sp³-hybridized carbons (Fsp3) is 0.200. The number of hydrogen-bond acceptors (Lipinski definition) is 4. The van der Waals surface area contributed by atoms with Gasteiger partial charge in [-0.2, -0.15) is 0 Å². The molecular formula is C20H15ClF3N3O3. The number of carboxylic acids is 1. The zero-order valence-electron chi connectivity index (χ0n) is 15.3. The molecule has 2 N–H and O–H groups in total. The molecule has 0 radical (unpaired) electrons. The molecule has 0 spiro atoms. The molecule has 2 heterocycles. The number of nitrogens with one attached hydrogen (secondary N) is 1. The van der Waals surface area contributed by atoms with E-state index in [1.807, 2.05) is 0 Å². The number of carboxylic acid groups (broad SMARTS) is 1. The SMILES string of the molecule is O=C(O)CNCCc1nc2ccc(Cl)cn2c1C#Cc1cccc(OC(F)(F)F)c1. The molecule has 156 valence electrons. The Hall–Kier alpha value is -3.22. The molecule has 0 aliphatic carbocycles. The first kappa shape index (κ1) is 21.5. The topological polar surface area (TPSA) is 75.9 Å². The minimum absolute atomic E-state index is 0.188. The predicted molar refractivity (Wildman–Crippen MR) is 104 cm³/mol. The van der Waals surface area contributed by atoms with Crippen molar-refractivity contribution < 1.29 is 27.8 Å². The molecule has 6 nitrogen and oxygen atoms in total. The lowest BCUT2D eigenvalue weighted by Crippen LogP contribution is -2.24. The number of carbonyl (C=O) groups is 1. The van der Waals surface area contributed by atoms with Gasteiger partial charge in [-0.05, 0) is 36.3 Å². The molecule has 3 rings (SSSR count). The van der Waals surface area contributed by atoms with Crippen LogP contribution in [0.25, 0.3) is 5.65 Å². The summed E-state index contributed by atoms with van der Waals surface area (Å²) in [7, 11) is 0. The van der Waals surface area contributed by atoms with E-state index < -0.39 is 12.3 Å². The molecule has 0 unspecified atom stereocenters. The molecule has 1 aromatic carbocycles. The number of benzene rings is 1. The van der Waals surface area contributed by atoms with E-state index in [1.54, 1.807) is 28.8 Å². The molecule has 3 aromatic rings. The molecule has 0 fully saturated rings. The van der Waals surface area contributed by atoms with Crippen LogP contribution in [0.15, 0.2) is 42.6 Å². The average molecular weight is 438 g/mol. The van der Waals surface area contributed by atoms with Crippen molar-refractivity contribution in [1.82, 2.24) is 14.7 Å². The first-order chi connectivity index (χ1) is 14.2. The summed E-state index contributed by atoms with van der Waals surface area (Å²) in [6, 6.07) is 8.72. The lowest BCUT2D eigenvalue weighted by Gasteiger charge is -2.08. The Labute approximate surface area is 174 Å². The van der Waals surface area contributed by atoms with Gasteiger partial charge in [0.05, 0.1) is 17.3 Å². The maximum Gasteiger partial charge on any atom is 0.573 e. The number of nitrogens with zero attached hydrogens (tertiary/aromatic N) is 2. The number of fused-ring (bicyclic) bond motifs is 1. The maximum atomic E-state index is 12.4. The van der Waals surface area contributed by atoms with Crippen LogP contribution < -0.4 is 10.1 Å². The molecule has 30 heavy (non-hydrogen) atoms. The smallest absolute Gasteiger partial charge is 0.480 e. The van der Waals surface area contributed by atoms with Gasteiger partial charge in [0.25, 0.3) is 0 Å². The molecule has 2 aromatic heterocycles. The standard InChI is InChI=1S/C20H15ClF3N3O3/c21-14-5-7-18-26-16(8-9-25-11-19(28)29)17(27(18)12-14)6-4-13-2-1-3-15(10-13)30-20(22,23)24/h1-3,5,7,10,12,25H,8-9,11H2,(H,28,29). The summed E-state index contributed by atoms with van der Waals surface area (Å²) in [5, 5.41) is 11.9. The summed E-state index contributed by atoms with van der Waals surface area (Å²) in [5.74, 6) is 4.41. The second kappa shape index (κ2) is 9.07. The highest BCUT2D eigenvalue weighted by Gasteiger charge is 2.31. The van der Waals surface area contributed by atoms with Crippen LogP contribution in [-0.2, 0) is 11.2 Å². The van der Waals surface area contributed by atoms with Crippen LogP contribution in [-0.4, -0.2) is 39.9 Å². The number of aromatic nitrogens is 2. The quantitative estimate of drug-likeness (QED) is 0.456. The average Bonchev–Trinajstić information content (AvgIpc) is 2.99. The van der Waals surface area contributed by atoms with Crippen molar-refractivity contribution >= 4 is 23.2 Å². The van der Waals surface area contributed by atoms with Gasteiger partial charge in [-0.15, -0.1) is 13.2 Å². The Kier molecular flexibility index (Phi) is 6.50. The summed E-state index contributed by atoms with van der Waals surface area (Å²) in [4.78, 5) is 15.1. The van der Waals surface area contributed by atoms with E-state index >= 15 is 0 Å². The second-order valence-electron chi connectivity index (χ2n) is 6.13. The highest BCUT2D eigenvalue weighted by Crippen LogP contribution is 2.23. The monoisotopic (exact) mass is 437 g/mol. The molecule has 0 amide bonds. The summed E-state index contributed by atoms with van der Waals surface area (Å²) in [6.45, 7) is 0.166. The molecule has 0 atom stereocenters. The third kappa shape index (κ3) is 5.89. The summed E-state index contributed by atoms with van der Waals surface area (Å²) < 4.78 is 42.9. The highest BCUT2D eigenvalue weighted by atomic mass is 35.5. The van der Waals surface area contributed by atoms with E-state index in [0.29, 0.717) is 40.6 Å². The summed E-state index contributed by atoms with van der Waals surface area (Å²) in [6.07, 6.45) is -2.76. The van der Waals surface area contributed by atoms with Gasteiger partial charge in [-0.3, -0.25) is 9.20 Å². The van der Waals surface area contributed by atoms with Gasteiger partial charge >= 0.3 is 12.3 Å². The lowest BCUT2D eigenvalue weighted by molar-refractivity contribution is -0.274. The van der Waals surface area contributed by atoms with Crippen molar-refractivity contribution in [1.29, 1.82) is 0 Å². The van der Waals surface area contributed by atoms with E-state index in [9.17, 15) is 18.0 Å². The fourth-order valence-electron chi connectivity index (χ4n) is 2.68. The Morgan fingerprint density at radius 3 is 2.80 bits per heavy atom.